The zero-order valence-electron chi connectivity index (χ0n) is 9.39. The number of hydrogen-bond donors (Lipinski definition) is 0. The predicted octanol–water partition coefficient (Wildman–Crippen LogP) is 1.99. The Hall–Kier alpha value is -1.20. The van der Waals surface area contributed by atoms with Crippen LogP contribution < -0.4 is 5.56 Å². The summed E-state index contributed by atoms with van der Waals surface area (Å²) in [4.78, 5) is 15.9. The average Bonchev–Trinajstić information content (AvgIpc) is 2.78. The molecular weight excluding hydrogens is 258 g/mol. The Morgan fingerprint density at radius 3 is 3.00 bits per heavy atom. The Bertz CT molecular complexity index is 564. The summed E-state index contributed by atoms with van der Waals surface area (Å²) < 4.78 is 1.47. The van der Waals surface area contributed by atoms with Gasteiger partial charge < -0.3 is 0 Å². The minimum absolute atomic E-state index is 0.0790. The van der Waals surface area contributed by atoms with Crippen molar-refractivity contribution in [3.63, 3.8) is 0 Å². The molecule has 0 aromatic carbocycles. The third-order valence-electron chi connectivity index (χ3n) is 2.27. The van der Waals surface area contributed by atoms with Crippen molar-refractivity contribution < 1.29 is 0 Å². The van der Waals surface area contributed by atoms with Crippen LogP contribution in [-0.2, 0) is 18.8 Å². The number of halogens is 1. The van der Waals surface area contributed by atoms with Crippen LogP contribution in [0, 0.1) is 6.92 Å². The van der Waals surface area contributed by atoms with E-state index in [1.165, 1.54) is 10.7 Å². The topological polar surface area (TPSA) is 47.8 Å². The van der Waals surface area contributed by atoms with E-state index in [9.17, 15) is 4.79 Å². The highest BCUT2D eigenvalue weighted by atomic mass is 35.5. The third-order valence-corrected chi connectivity index (χ3v) is 3.50. The molecule has 0 radical (unpaired) electrons. The number of alkyl halides is 1. The van der Waals surface area contributed by atoms with E-state index in [0.717, 1.165) is 16.4 Å². The molecule has 2 aromatic rings. The minimum Gasteiger partial charge on any atom is -0.268 e. The van der Waals surface area contributed by atoms with Crippen molar-refractivity contribution in [3.05, 3.63) is 44.3 Å². The van der Waals surface area contributed by atoms with Crippen molar-refractivity contribution in [1.82, 2.24) is 14.8 Å². The highest BCUT2D eigenvalue weighted by Gasteiger charge is 2.03. The number of hydrogen-bond acceptors (Lipinski definition) is 4. The second kappa shape index (κ2) is 5.42. The number of aromatic nitrogens is 3. The van der Waals surface area contributed by atoms with Gasteiger partial charge in [-0.1, -0.05) is 0 Å². The molecule has 0 spiro atoms. The Balaban J connectivity index is 2.06. The van der Waals surface area contributed by atoms with Crippen molar-refractivity contribution in [3.8, 4) is 0 Å². The smallest absolute Gasteiger partial charge is 0.266 e. The van der Waals surface area contributed by atoms with Gasteiger partial charge in [0, 0.05) is 17.9 Å². The van der Waals surface area contributed by atoms with Crippen LogP contribution in [0.25, 0.3) is 0 Å². The Morgan fingerprint density at radius 2 is 2.29 bits per heavy atom. The monoisotopic (exact) mass is 269 g/mol. The molecule has 0 unspecified atom stereocenters. The predicted molar refractivity (Wildman–Crippen MR) is 68.6 cm³/mol. The first kappa shape index (κ1) is 12.3. The molecule has 90 valence electrons. The van der Waals surface area contributed by atoms with Gasteiger partial charge in [0.05, 0.1) is 28.8 Å². The minimum atomic E-state index is -0.0790. The van der Waals surface area contributed by atoms with Crippen LogP contribution >= 0.6 is 22.9 Å². The summed E-state index contributed by atoms with van der Waals surface area (Å²) in [5, 5.41) is 7.09. The maximum Gasteiger partial charge on any atom is 0.266 e. The zero-order chi connectivity index (χ0) is 12.3. The average molecular weight is 270 g/mol. The van der Waals surface area contributed by atoms with Crippen LogP contribution in [0.5, 0.6) is 0 Å². The van der Waals surface area contributed by atoms with Crippen molar-refractivity contribution in [1.29, 1.82) is 0 Å². The fraction of sp³-hybridized carbons (Fsp3) is 0.364. The van der Waals surface area contributed by atoms with Crippen LogP contribution in [0.4, 0.5) is 0 Å². The molecule has 0 aliphatic carbocycles. The molecule has 0 N–H and O–H groups in total. The summed E-state index contributed by atoms with van der Waals surface area (Å²) in [7, 11) is 0. The van der Waals surface area contributed by atoms with E-state index < -0.39 is 0 Å². The van der Waals surface area contributed by atoms with Gasteiger partial charge in [-0.25, -0.2) is 9.67 Å². The van der Waals surface area contributed by atoms with E-state index in [1.54, 1.807) is 17.4 Å². The lowest BCUT2D eigenvalue weighted by Gasteiger charge is -2.02. The maximum atomic E-state index is 11.5. The Labute approximate surface area is 108 Å². The number of rotatable bonds is 4. The molecule has 6 heteroatoms. The van der Waals surface area contributed by atoms with Gasteiger partial charge in [-0.2, -0.15) is 5.10 Å². The summed E-state index contributed by atoms with van der Waals surface area (Å²) in [6, 6.07) is 3.25. The van der Waals surface area contributed by atoms with Crippen LogP contribution in [0.1, 0.15) is 16.4 Å². The first-order valence-electron chi connectivity index (χ1n) is 5.23. The molecule has 0 fully saturated rings. The van der Waals surface area contributed by atoms with Gasteiger partial charge >= 0.3 is 0 Å². The molecule has 0 amide bonds. The molecule has 0 saturated carbocycles. The standard InChI is InChI=1S/C11H12ClN3OS/c1-8-2-3-11(16)15(14-8)5-4-10-13-9(6-12)7-17-10/h2-3,7H,4-6H2,1H3. The Kier molecular flexibility index (Phi) is 3.91. The molecular formula is C11H12ClN3OS. The van der Waals surface area contributed by atoms with E-state index in [4.69, 9.17) is 11.6 Å². The molecule has 17 heavy (non-hydrogen) atoms. The Morgan fingerprint density at radius 1 is 1.47 bits per heavy atom. The normalized spacial score (nSPS) is 10.7. The fourth-order valence-electron chi connectivity index (χ4n) is 1.44. The summed E-state index contributed by atoms with van der Waals surface area (Å²) in [6.45, 7) is 2.42. The highest BCUT2D eigenvalue weighted by molar-refractivity contribution is 7.09. The zero-order valence-corrected chi connectivity index (χ0v) is 11.0. The van der Waals surface area contributed by atoms with Crippen LogP contribution in [0.15, 0.2) is 22.3 Å². The van der Waals surface area contributed by atoms with Crippen molar-refractivity contribution in [2.45, 2.75) is 25.8 Å². The van der Waals surface area contributed by atoms with Crippen molar-refractivity contribution in [2.75, 3.05) is 0 Å². The maximum absolute atomic E-state index is 11.5. The van der Waals surface area contributed by atoms with Crippen molar-refractivity contribution >= 4 is 22.9 Å². The molecule has 2 heterocycles. The number of thiazole rings is 1. The fourth-order valence-corrected chi connectivity index (χ4v) is 2.45. The molecule has 0 bridgehead atoms. The van der Waals surface area contributed by atoms with E-state index >= 15 is 0 Å². The number of aryl methyl sites for hydroxylation is 3. The summed E-state index contributed by atoms with van der Waals surface area (Å²) in [6.07, 6.45) is 0.706. The van der Waals surface area contributed by atoms with Gasteiger partial charge in [-0.15, -0.1) is 22.9 Å². The first-order valence-corrected chi connectivity index (χ1v) is 6.64. The van der Waals surface area contributed by atoms with Gasteiger partial charge in [0.2, 0.25) is 0 Å². The largest absolute Gasteiger partial charge is 0.268 e. The number of nitrogens with zero attached hydrogens (tertiary/aromatic N) is 3. The molecule has 0 saturated heterocycles. The second-order valence-electron chi connectivity index (χ2n) is 3.65. The summed E-state index contributed by atoms with van der Waals surface area (Å²) in [5.41, 5.74) is 1.64. The summed E-state index contributed by atoms with van der Waals surface area (Å²) in [5.74, 6) is 0.430. The lowest BCUT2D eigenvalue weighted by molar-refractivity contribution is 0.569. The van der Waals surface area contributed by atoms with Gasteiger partial charge in [-0.05, 0) is 13.0 Å². The van der Waals surface area contributed by atoms with Crippen LogP contribution in [0.3, 0.4) is 0 Å². The molecule has 0 aliphatic rings. The first-order chi connectivity index (χ1) is 8.19. The van der Waals surface area contributed by atoms with Crippen LogP contribution in [0.2, 0.25) is 0 Å². The van der Waals surface area contributed by atoms with E-state index in [-0.39, 0.29) is 5.56 Å². The second-order valence-corrected chi connectivity index (χ2v) is 4.86. The van der Waals surface area contributed by atoms with Gasteiger partial charge in [0.25, 0.3) is 5.56 Å². The van der Waals surface area contributed by atoms with E-state index in [0.29, 0.717) is 18.8 Å². The van der Waals surface area contributed by atoms with Gasteiger partial charge in [0.15, 0.2) is 0 Å². The molecule has 2 aromatic heterocycles. The lowest BCUT2D eigenvalue weighted by atomic mass is 10.4. The molecule has 0 aliphatic heterocycles. The van der Waals surface area contributed by atoms with E-state index in [2.05, 4.69) is 10.1 Å². The lowest BCUT2D eigenvalue weighted by Crippen LogP contribution is -2.23. The highest BCUT2D eigenvalue weighted by Crippen LogP contribution is 2.12. The van der Waals surface area contributed by atoms with Gasteiger partial charge in [0.1, 0.15) is 0 Å². The molecule has 2 rings (SSSR count). The molecule has 0 atom stereocenters. The third kappa shape index (κ3) is 3.14. The van der Waals surface area contributed by atoms with Gasteiger partial charge in [-0.3, -0.25) is 4.79 Å². The summed E-state index contributed by atoms with van der Waals surface area (Å²) >= 11 is 7.24. The van der Waals surface area contributed by atoms with Crippen LogP contribution in [-0.4, -0.2) is 14.8 Å². The molecule has 4 nitrogen and oxygen atoms in total. The van der Waals surface area contributed by atoms with Crippen molar-refractivity contribution in [2.24, 2.45) is 0 Å². The quantitative estimate of drug-likeness (QED) is 0.798. The van der Waals surface area contributed by atoms with E-state index in [1.807, 2.05) is 12.3 Å². The SMILES string of the molecule is Cc1ccc(=O)n(CCc2nc(CCl)cs2)n1.